The van der Waals surface area contributed by atoms with Gasteiger partial charge in [-0.3, -0.25) is 14.5 Å². The molecule has 0 aliphatic carbocycles. The topological polar surface area (TPSA) is 37.4 Å². The van der Waals surface area contributed by atoms with Gasteiger partial charge in [-0.25, -0.2) is 0 Å². The number of hydrogen-bond acceptors (Lipinski definition) is 3. The van der Waals surface area contributed by atoms with Crippen LogP contribution in [0.25, 0.3) is 16.2 Å². The maximum absolute atomic E-state index is 13.3. The molecule has 0 unspecified atom stereocenters. The van der Waals surface area contributed by atoms with Crippen LogP contribution in [0.15, 0.2) is 97.1 Å². The van der Waals surface area contributed by atoms with Gasteiger partial charge >= 0.3 is 0 Å². The largest absolute Gasteiger partial charge is 0.271 e. The molecule has 4 aromatic rings. The van der Waals surface area contributed by atoms with E-state index in [9.17, 15) is 9.59 Å². The normalized spacial score (nSPS) is 11.0. The summed E-state index contributed by atoms with van der Waals surface area (Å²) in [4.78, 5) is 28.1. The molecule has 3 nitrogen and oxygen atoms in total. The summed E-state index contributed by atoms with van der Waals surface area (Å²) in [6.45, 7) is 0.228. The lowest BCUT2D eigenvalue weighted by molar-refractivity contribution is -0.124. The van der Waals surface area contributed by atoms with E-state index in [1.807, 2.05) is 91.0 Å². The third-order valence-electron chi connectivity index (χ3n) is 4.55. The molecule has 0 aliphatic rings. The molecule has 0 atom stereocenters. The molecule has 0 radical (unpaired) electrons. The number of nitrogens with zero attached hydrogens (tertiary/aromatic N) is 1. The van der Waals surface area contributed by atoms with Crippen LogP contribution in [0.4, 0.5) is 0 Å². The molecule has 1 heterocycles. The van der Waals surface area contributed by atoms with Crippen molar-refractivity contribution >= 4 is 39.3 Å². The van der Waals surface area contributed by atoms with E-state index < -0.39 is 0 Å². The van der Waals surface area contributed by atoms with Crippen molar-refractivity contribution in [1.82, 2.24) is 4.90 Å². The van der Waals surface area contributed by atoms with Crippen LogP contribution in [0.2, 0.25) is 0 Å². The van der Waals surface area contributed by atoms with Crippen molar-refractivity contribution in [2.24, 2.45) is 0 Å². The van der Waals surface area contributed by atoms with Gasteiger partial charge in [0.15, 0.2) is 0 Å². The number of rotatable bonds is 5. The summed E-state index contributed by atoms with van der Waals surface area (Å²) in [6.07, 6.45) is 3.20. The van der Waals surface area contributed by atoms with Gasteiger partial charge in [0, 0.05) is 10.8 Å². The van der Waals surface area contributed by atoms with E-state index in [1.165, 1.54) is 22.3 Å². The lowest BCUT2D eigenvalue weighted by atomic mass is 10.2. The second-order valence-electron chi connectivity index (χ2n) is 6.61. The van der Waals surface area contributed by atoms with Crippen LogP contribution in [0.1, 0.15) is 20.8 Å². The quantitative estimate of drug-likeness (QED) is 0.400. The first-order valence-corrected chi connectivity index (χ1v) is 10.1. The van der Waals surface area contributed by atoms with E-state index in [2.05, 4.69) is 0 Å². The van der Waals surface area contributed by atoms with Crippen molar-refractivity contribution in [3.05, 3.63) is 113 Å². The lowest BCUT2D eigenvalue weighted by Gasteiger charge is -2.19. The second-order valence-corrected chi connectivity index (χ2v) is 7.69. The Bertz CT molecular complexity index is 1130. The number of amides is 2. The molecule has 4 rings (SSSR count). The highest BCUT2D eigenvalue weighted by atomic mass is 32.1. The molecule has 0 spiro atoms. The smallest absolute Gasteiger partial charge is 0.270 e. The highest BCUT2D eigenvalue weighted by molar-refractivity contribution is 7.20. The third-order valence-corrected chi connectivity index (χ3v) is 5.65. The number of hydrogen-bond donors (Lipinski definition) is 0. The zero-order chi connectivity index (χ0) is 20.1. The summed E-state index contributed by atoms with van der Waals surface area (Å²) in [7, 11) is 0. The van der Waals surface area contributed by atoms with Crippen molar-refractivity contribution in [3.8, 4) is 0 Å². The van der Waals surface area contributed by atoms with Crippen molar-refractivity contribution < 1.29 is 9.59 Å². The summed E-state index contributed by atoms with van der Waals surface area (Å²) < 4.78 is 1.03. The Morgan fingerprint density at radius 1 is 0.828 bits per heavy atom. The van der Waals surface area contributed by atoms with Crippen molar-refractivity contribution in [1.29, 1.82) is 0 Å². The summed E-state index contributed by atoms with van der Waals surface area (Å²) in [5.41, 5.74) is 1.82. The molecule has 0 N–H and O–H groups in total. The SMILES string of the molecule is O=C(/C=C/c1ccccc1)N(Cc1ccccc1)C(=O)c1cc2ccccc2s1. The van der Waals surface area contributed by atoms with Gasteiger partial charge in [-0.1, -0.05) is 78.9 Å². The van der Waals surface area contributed by atoms with E-state index in [0.717, 1.165) is 21.2 Å². The predicted octanol–water partition coefficient (Wildman–Crippen LogP) is 5.78. The highest BCUT2D eigenvalue weighted by Gasteiger charge is 2.23. The van der Waals surface area contributed by atoms with Gasteiger partial charge in [-0.15, -0.1) is 11.3 Å². The van der Waals surface area contributed by atoms with Gasteiger partial charge in [0.1, 0.15) is 0 Å². The standard InChI is InChI=1S/C25H19NO2S/c27-24(16-15-19-9-3-1-4-10-19)26(18-20-11-5-2-6-12-20)25(28)23-17-21-13-7-8-14-22(21)29-23/h1-17H,18H2/b16-15+. The number of fused-ring (bicyclic) bond motifs is 1. The monoisotopic (exact) mass is 397 g/mol. The van der Waals surface area contributed by atoms with Gasteiger partial charge in [0.25, 0.3) is 11.8 Å². The molecule has 0 fully saturated rings. The van der Waals surface area contributed by atoms with E-state index in [0.29, 0.717) is 4.88 Å². The molecule has 3 aromatic carbocycles. The Kier molecular flexibility index (Phi) is 5.63. The molecule has 0 aliphatic heterocycles. The Balaban J connectivity index is 1.64. The van der Waals surface area contributed by atoms with Crippen molar-refractivity contribution in [2.75, 3.05) is 0 Å². The number of thiophene rings is 1. The van der Waals surface area contributed by atoms with E-state index >= 15 is 0 Å². The highest BCUT2D eigenvalue weighted by Crippen LogP contribution is 2.27. The molecule has 2 amide bonds. The molecule has 0 saturated carbocycles. The lowest BCUT2D eigenvalue weighted by Crippen LogP contribution is -2.34. The fraction of sp³-hybridized carbons (Fsp3) is 0.0400. The first kappa shape index (κ1) is 18.8. The maximum atomic E-state index is 13.3. The average molecular weight is 397 g/mol. The van der Waals surface area contributed by atoms with Crippen LogP contribution in [0.3, 0.4) is 0 Å². The molecule has 1 aromatic heterocycles. The first-order valence-electron chi connectivity index (χ1n) is 9.32. The molecular formula is C25H19NO2S. The van der Waals surface area contributed by atoms with Crippen LogP contribution in [0, 0.1) is 0 Å². The summed E-state index contributed by atoms with van der Waals surface area (Å²) in [6, 6.07) is 28.8. The van der Waals surface area contributed by atoms with Crippen LogP contribution < -0.4 is 0 Å². The van der Waals surface area contributed by atoms with E-state index in [1.54, 1.807) is 6.08 Å². The van der Waals surface area contributed by atoms with Crippen molar-refractivity contribution in [2.45, 2.75) is 6.54 Å². The molecule has 142 valence electrons. The average Bonchev–Trinajstić information content (AvgIpc) is 3.21. The summed E-state index contributed by atoms with van der Waals surface area (Å²) in [5, 5.41) is 1.01. The predicted molar refractivity (Wildman–Crippen MR) is 119 cm³/mol. The number of imide groups is 1. The fourth-order valence-corrected chi connectivity index (χ4v) is 4.07. The first-order chi connectivity index (χ1) is 14.2. The molecule has 0 bridgehead atoms. The Morgan fingerprint density at radius 2 is 1.48 bits per heavy atom. The van der Waals surface area contributed by atoms with Gasteiger partial charge < -0.3 is 0 Å². The maximum Gasteiger partial charge on any atom is 0.271 e. The molecular weight excluding hydrogens is 378 g/mol. The van der Waals surface area contributed by atoms with Gasteiger partial charge in [-0.2, -0.15) is 0 Å². The number of carbonyl (C=O) groups excluding carboxylic acids is 2. The summed E-state index contributed by atoms with van der Waals surface area (Å²) in [5.74, 6) is -0.613. The Labute approximate surface area is 173 Å². The van der Waals surface area contributed by atoms with Gasteiger partial charge in [0.05, 0.1) is 11.4 Å². The zero-order valence-corrected chi connectivity index (χ0v) is 16.5. The fourth-order valence-electron chi connectivity index (χ4n) is 3.06. The van der Waals surface area contributed by atoms with E-state index in [4.69, 9.17) is 0 Å². The Hall–Kier alpha value is -3.50. The van der Waals surface area contributed by atoms with Gasteiger partial charge in [-0.05, 0) is 34.7 Å². The minimum absolute atomic E-state index is 0.228. The van der Waals surface area contributed by atoms with Crippen LogP contribution in [0.5, 0.6) is 0 Å². The van der Waals surface area contributed by atoms with Gasteiger partial charge in [0.2, 0.25) is 0 Å². The minimum Gasteiger partial charge on any atom is -0.270 e. The van der Waals surface area contributed by atoms with Crippen LogP contribution in [-0.4, -0.2) is 16.7 Å². The minimum atomic E-state index is -0.333. The third kappa shape index (κ3) is 4.50. The van der Waals surface area contributed by atoms with Crippen molar-refractivity contribution in [3.63, 3.8) is 0 Å². The van der Waals surface area contributed by atoms with E-state index in [-0.39, 0.29) is 18.4 Å². The number of carbonyl (C=O) groups is 2. The molecule has 0 saturated heterocycles. The Morgan fingerprint density at radius 3 is 2.21 bits per heavy atom. The van der Waals surface area contributed by atoms with Crippen LogP contribution >= 0.6 is 11.3 Å². The molecule has 4 heteroatoms. The van der Waals surface area contributed by atoms with Crippen LogP contribution in [-0.2, 0) is 11.3 Å². The second kappa shape index (κ2) is 8.67. The number of benzene rings is 3. The summed E-state index contributed by atoms with van der Waals surface area (Å²) >= 11 is 1.41. The molecule has 29 heavy (non-hydrogen) atoms. The zero-order valence-electron chi connectivity index (χ0n) is 15.7.